The minimum atomic E-state index is -0.432. The van der Waals surface area contributed by atoms with Crippen molar-refractivity contribution in [3.63, 3.8) is 0 Å². The molecule has 0 aliphatic carbocycles. The lowest BCUT2D eigenvalue weighted by Crippen LogP contribution is -2.49. The van der Waals surface area contributed by atoms with E-state index in [1.165, 1.54) is 0 Å². The lowest BCUT2D eigenvalue weighted by molar-refractivity contribution is -0.138. The molecule has 7 nitrogen and oxygen atoms in total. The summed E-state index contributed by atoms with van der Waals surface area (Å²) in [6.07, 6.45) is 9.38. The van der Waals surface area contributed by atoms with Gasteiger partial charge in [-0.15, -0.1) is 0 Å². The number of carbonyl (C=O) groups excluding carboxylic acids is 2. The number of rotatable bonds is 3. The minimum Gasteiger partial charge on any atom is -0.338 e. The van der Waals surface area contributed by atoms with Crippen molar-refractivity contribution in [1.82, 2.24) is 24.6 Å². The predicted molar refractivity (Wildman–Crippen MR) is 95.0 cm³/mol. The first-order valence-corrected chi connectivity index (χ1v) is 9.04. The van der Waals surface area contributed by atoms with E-state index in [-0.39, 0.29) is 11.8 Å². The Morgan fingerprint density at radius 2 is 2.15 bits per heavy atom. The summed E-state index contributed by atoms with van der Waals surface area (Å²) in [5, 5.41) is 4.08. The van der Waals surface area contributed by atoms with Gasteiger partial charge in [-0.25, -0.2) is 0 Å². The molecule has 2 aromatic heterocycles. The van der Waals surface area contributed by atoms with Gasteiger partial charge in [0.15, 0.2) is 0 Å². The summed E-state index contributed by atoms with van der Waals surface area (Å²) in [4.78, 5) is 33.8. The van der Waals surface area contributed by atoms with Crippen molar-refractivity contribution in [2.75, 3.05) is 19.6 Å². The normalized spacial score (nSPS) is 23.0. The average molecular weight is 353 g/mol. The van der Waals surface area contributed by atoms with Gasteiger partial charge in [-0.1, -0.05) is 6.07 Å². The van der Waals surface area contributed by atoms with Gasteiger partial charge in [-0.3, -0.25) is 19.3 Å². The van der Waals surface area contributed by atoms with Crippen LogP contribution in [-0.4, -0.2) is 56.0 Å². The van der Waals surface area contributed by atoms with Gasteiger partial charge in [0.1, 0.15) is 0 Å². The fourth-order valence-electron chi connectivity index (χ4n) is 4.15. The summed E-state index contributed by atoms with van der Waals surface area (Å²) in [6.45, 7) is 2.53. The second-order valence-corrected chi connectivity index (χ2v) is 7.35. The standard InChI is InChI=1S/C19H23N5O2/c1-22-13-16(11-21-22)17(25)24-8-3-5-19(14-24)6-9-23(18(19)26)12-15-4-2-7-20-10-15/h2,4,7,10-11,13H,3,5-6,8-9,12,14H2,1H3/t19-/m0/s1. The Hall–Kier alpha value is -2.70. The molecule has 2 aromatic rings. The Balaban J connectivity index is 1.48. The van der Waals surface area contributed by atoms with Gasteiger partial charge in [-0.2, -0.15) is 5.10 Å². The lowest BCUT2D eigenvalue weighted by atomic mass is 9.78. The second kappa shape index (κ2) is 6.55. The first-order valence-electron chi connectivity index (χ1n) is 9.04. The quantitative estimate of drug-likeness (QED) is 0.838. The number of piperidine rings is 1. The highest BCUT2D eigenvalue weighted by atomic mass is 16.2. The Kier molecular flexibility index (Phi) is 4.22. The van der Waals surface area contributed by atoms with E-state index in [0.717, 1.165) is 31.4 Å². The smallest absolute Gasteiger partial charge is 0.257 e. The van der Waals surface area contributed by atoms with E-state index < -0.39 is 5.41 Å². The number of hydrogen-bond acceptors (Lipinski definition) is 4. The van der Waals surface area contributed by atoms with Crippen LogP contribution in [0.1, 0.15) is 35.2 Å². The zero-order valence-corrected chi connectivity index (χ0v) is 15.0. The van der Waals surface area contributed by atoms with E-state index in [0.29, 0.717) is 25.2 Å². The summed E-state index contributed by atoms with van der Waals surface area (Å²) < 4.78 is 1.63. The highest BCUT2D eigenvalue weighted by molar-refractivity contribution is 5.94. The van der Waals surface area contributed by atoms with Crippen LogP contribution in [0.5, 0.6) is 0 Å². The van der Waals surface area contributed by atoms with Crippen molar-refractivity contribution < 1.29 is 9.59 Å². The summed E-state index contributed by atoms with van der Waals surface area (Å²) in [5.41, 5.74) is 1.19. The fraction of sp³-hybridized carbons (Fsp3) is 0.474. The van der Waals surface area contributed by atoms with Crippen molar-refractivity contribution in [2.45, 2.75) is 25.8 Å². The number of aryl methyl sites for hydroxylation is 1. The largest absolute Gasteiger partial charge is 0.338 e. The molecule has 0 aromatic carbocycles. The Labute approximate surface area is 152 Å². The number of aromatic nitrogens is 3. The van der Waals surface area contributed by atoms with Gasteiger partial charge < -0.3 is 9.80 Å². The van der Waals surface area contributed by atoms with Crippen LogP contribution < -0.4 is 0 Å². The lowest BCUT2D eigenvalue weighted by Gasteiger charge is -2.39. The van der Waals surface area contributed by atoms with Crippen LogP contribution in [0, 0.1) is 5.41 Å². The van der Waals surface area contributed by atoms with E-state index >= 15 is 0 Å². The monoisotopic (exact) mass is 353 g/mol. The van der Waals surface area contributed by atoms with E-state index in [1.807, 2.05) is 21.9 Å². The maximum Gasteiger partial charge on any atom is 0.257 e. The molecule has 0 saturated carbocycles. The van der Waals surface area contributed by atoms with E-state index in [2.05, 4.69) is 10.1 Å². The van der Waals surface area contributed by atoms with Crippen LogP contribution in [0.2, 0.25) is 0 Å². The Morgan fingerprint density at radius 1 is 1.27 bits per heavy atom. The van der Waals surface area contributed by atoms with Crippen LogP contribution in [0.3, 0.4) is 0 Å². The van der Waals surface area contributed by atoms with Gasteiger partial charge in [0, 0.05) is 51.8 Å². The van der Waals surface area contributed by atoms with Crippen LogP contribution >= 0.6 is 0 Å². The second-order valence-electron chi connectivity index (χ2n) is 7.35. The molecule has 2 amide bonds. The number of amides is 2. The number of pyridine rings is 1. The van der Waals surface area contributed by atoms with Gasteiger partial charge in [0.05, 0.1) is 17.2 Å². The minimum absolute atomic E-state index is 0.0318. The molecule has 26 heavy (non-hydrogen) atoms. The molecule has 1 spiro atoms. The molecule has 7 heteroatoms. The van der Waals surface area contributed by atoms with Crippen molar-refractivity contribution in [2.24, 2.45) is 12.5 Å². The summed E-state index contributed by atoms with van der Waals surface area (Å²) >= 11 is 0. The topological polar surface area (TPSA) is 71.3 Å². The molecule has 1 atom stereocenters. The third-order valence-electron chi connectivity index (χ3n) is 5.51. The molecule has 2 saturated heterocycles. The Morgan fingerprint density at radius 3 is 2.88 bits per heavy atom. The average Bonchev–Trinajstić information content (AvgIpc) is 3.22. The number of hydrogen-bond donors (Lipinski definition) is 0. The molecule has 2 fully saturated rings. The van der Waals surface area contributed by atoms with E-state index in [4.69, 9.17) is 0 Å². The molecule has 4 heterocycles. The summed E-state index contributed by atoms with van der Waals surface area (Å²) in [5.74, 6) is 0.140. The maximum absolute atomic E-state index is 13.1. The third kappa shape index (κ3) is 2.98. The first-order chi connectivity index (χ1) is 12.6. The molecule has 136 valence electrons. The van der Waals surface area contributed by atoms with Gasteiger partial charge in [0.2, 0.25) is 5.91 Å². The summed E-state index contributed by atoms with van der Waals surface area (Å²) in [6, 6.07) is 3.88. The van der Waals surface area contributed by atoms with E-state index in [1.54, 1.807) is 36.5 Å². The molecule has 0 N–H and O–H groups in total. The van der Waals surface area contributed by atoms with Gasteiger partial charge in [0.25, 0.3) is 5.91 Å². The first kappa shape index (κ1) is 16.8. The van der Waals surface area contributed by atoms with Crippen LogP contribution in [-0.2, 0) is 18.4 Å². The van der Waals surface area contributed by atoms with Gasteiger partial charge >= 0.3 is 0 Å². The van der Waals surface area contributed by atoms with Crippen molar-refractivity contribution in [1.29, 1.82) is 0 Å². The molecule has 2 aliphatic rings. The Bertz CT molecular complexity index is 818. The van der Waals surface area contributed by atoms with Crippen molar-refractivity contribution in [3.8, 4) is 0 Å². The number of likely N-dealkylation sites (tertiary alicyclic amines) is 2. The molecular formula is C19H23N5O2. The molecule has 0 radical (unpaired) electrons. The predicted octanol–water partition coefficient (Wildman–Crippen LogP) is 1.47. The highest BCUT2D eigenvalue weighted by Gasteiger charge is 2.49. The number of carbonyl (C=O) groups is 2. The van der Waals surface area contributed by atoms with E-state index in [9.17, 15) is 9.59 Å². The maximum atomic E-state index is 13.1. The molecular weight excluding hydrogens is 330 g/mol. The fourth-order valence-corrected chi connectivity index (χ4v) is 4.15. The van der Waals surface area contributed by atoms with Crippen LogP contribution in [0.15, 0.2) is 36.9 Å². The third-order valence-corrected chi connectivity index (χ3v) is 5.51. The highest BCUT2D eigenvalue weighted by Crippen LogP contribution is 2.41. The van der Waals surface area contributed by atoms with Crippen LogP contribution in [0.4, 0.5) is 0 Å². The van der Waals surface area contributed by atoms with Crippen LogP contribution in [0.25, 0.3) is 0 Å². The molecule has 0 unspecified atom stereocenters. The zero-order chi connectivity index (χ0) is 18.1. The number of nitrogens with zero attached hydrogens (tertiary/aromatic N) is 5. The molecule has 2 aliphatic heterocycles. The molecule has 0 bridgehead atoms. The van der Waals surface area contributed by atoms with Crippen molar-refractivity contribution in [3.05, 3.63) is 48.0 Å². The van der Waals surface area contributed by atoms with Gasteiger partial charge in [-0.05, 0) is 30.9 Å². The molecule has 4 rings (SSSR count). The summed E-state index contributed by atoms with van der Waals surface area (Å²) in [7, 11) is 1.80. The van der Waals surface area contributed by atoms with Crippen molar-refractivity contribution >= 4 is 11.8 Å². The zero-order valence-electron chi connectivity index (χ0n) is 15.0. The SMILES string of the molecule is Cn1cc(C(=O)N2CCC[C@]3(CCN(Cc4cccnc4)C3=O)C2)cn1.